The maximum absolute atomic E-state index is 6.12. The van der Waals surface area contributed by atoms with Gasteiger partial charge in [0.05, 0.1) is 0 Å². The van der Waals surface area contributed by atoms with Crippen LogP contribution in [0.1, 0.15) is 17.6 Å². The number of para-hydroxylation sites is 1. The van der Waals surface area contributed by atoms with Crippen LogP contribution in [0.3, 0.4) is 0 Å². The first kappa shape index (κ1) is 14.9. The van der Waals surface area contributed by atoms with Crippen LogP contribution >= 0.6 is 11.8 Å². The molecule has 0 fully saturated rings. The van der Waals surface area contributed by atoms with Crippen LogP contribution in [0.25, 0.3) is 11.3 Å². The Morgan fingerprint density at radius 1 is 1.04 bits per heavy atom. The second-order valence-corrected chi connectivity index (χ2v) is 6.12. The molecule has 120 valence electrons. The highest BCUT2D eigenvalue weighted by molar-refractivity contribution is 7.98. The molecule has 1 N–H and O–H groups in total. The number of aromatic nitrogens is 4. The number of thioether (sulfide) groups is 1. The van der Waals surface area contributed by atoms with Crippen molar-refractivity contribution in [2.75, 3.05) is 11.6 Å². The molecule has 3 aromatic rings. The van der Waals surface area contributed by atoms with E-state index in [-0.39, 0.29) is 0 Å². The van der Waals surface area contributed by atoms with Gasteiger partial charge in [-0.1, -0.05) is 36.0 Å². The Morgan fingerprint density at radius 3 is 2.75 bits per heavy atom. The molecule has 24 heavy (non-hydrogen) atoms. The van der Waals surface area contributed by atoms with Gasteiger partial charge in [0.2, 0.25) is 17.3 Å². The van der Waals surface area contributed by atoms with Crippen LogP contribution in [0.4, 0.5) is 5.69 Å². The maximum atomic E-state index is 6.12. The van der Waals surface area contributed by atoms with Crippen LogP contribution in [0.15, 0.2) is 47.6 Å². The third-order valence-electron chi connectivity index (χ3n) is 3.69. The standard InChI is InChI=1S/C17H15N5OS/c1-10-6-5-9-13(18-10)15-19-12-8-4-3-7-11(12)14-16(23-15)20-17(24-2)22-21-14/h3-9,15,19H,1-2H3. The zero-order chi connectivity index (χ0) is 16.5. The summed E-state index contributed by atoms with van der Waals surface area (Å²) in [5.41, 5.74) is 4.18. The van der Waals surface area contributed by atoms with Crippen LogP contribution in [0.5, 0.6) is 5.88 Å². The van der Waals surface area contributed by atoms with Gasteiger partial charge in [-0.3, -0.25) is 4.98 Å². The van der Waals surface area contributed by atoms with Gasteiger partial charge in [0.1, 0.15) is 5.69 Å². The van der Waals surface area contributed by atoms with Gasteiger partial charge >= 0.3 is 0 Å². The number of nitrogens with zero attached hydrogens (tertiary/aromatic N) is 4. The molecule has 1 aliphatic rings. The first-order valence-corrected chi connectivity index (χ1v) is 8.72. The normalized spacial score (nSPS) is 15.5. The molecule has 2 aromatic heterocycles. The van der Waals surface area contributed by atoms with E-state index >= 15 is 0 Å². The summed E-state index contributed by atoms with van der Waals surface area (Å²) in [6.07, 6.45) is 1.46. The number of anilines is 1. The van der Waals surface area contributed by atoms with E-state index in [1.54, 1.807) is 0 Å². The fraction of sp³-hybridized carbons (Fsp3) is 0.176. The Kier molecular flexibility index (Phi) is 3.78. The monoisotopic (exact) mass is 337 g/mol. The van der Waals surface area contributed by atoms with E-state index in [4.69, 9.17) is 4.74 Å². The van der Waals surface area contributed by atoms with Crippen LogP contribution in [-0.4, -0.2) is 26.4 Å². The van der Waals surface area contributed by atoms with Crippen LogP contribution < -0.4 is 10.1 Å². The van der Waals surface area contributed by atoms with E-state index in [0.29, 0.717) is 16.7 Å². The third kappa shape index (κ3) is 2.67. The number of fused-ring (bicyclic) bond motifs is 3. The van der Waals surface area contributed by atoms with Gasteiger partial charge in [0.25, 0.3) is 0 Å². The van der Waals surface area contributed by atoms with E-state index in [0.717, 1.165) is 22.6 Å². The topological polar surface area (TPSA) is 72.8 Å². The Hall–Kier alpha value is -2.67. The number of benzene rings is 1. The van der Waals surface area contributed by atoms with Gasteiger partial charge in [-0.25, -0.2) is 0 Å². The smallest absolute Gasteiger partial charge is 0.247 e. The van der Waals surface area contributed by atoms with Gasteiger partial charge in [0.15, 0.2) is 5.69 Å². The summed E-state index contributed by atoms with van der Waals surface area (Å²) in [7, 11) is 0. The molecule has 0 aliphatic carbocycles. The Labute approximate surface area is 143 Å². The zero-order valence-electron chi connectivity index (χ0n) is 13.2. The molecule has 7 heteroatoms. The van der Waals surface area contributed by atoms with Gasteiger partial charge in [-0.2, -0.15) is 4.98 Å². The molecular weight excluding hydrogens is 322 g/mol. The molecule has 0 spiro atoms. The van der Waals surface area contributed by atoms with Crippen molar-refractivity contribution >= 4 is 17.4 Å². The number of rotatable bonds is 2. The molecule has 0 radical (unpaired) electrons. The highest BCUT2D eigenvalue weighted by Crippen LogP contribution is 2.38. The number of nitrogens with one attached hydrogen (secondary N) is 1. The number of ether oxygens (including phenoxy) is 1. The summed E-state index contributed by atoms with van der Waals surface area (Å²) in [5.74, 6) is 0.458. The minimum absolute atomic E-state index is 0.446. The van der Waals surface area contributed by atoms with Crippen molar-refractivity contribution in [1.29, 1.82) is 0 Å². The Balaban J connectivity index is 1.87. The minimum Gasteiger partial charge on any atom is -0.446 e. The first-order chi connectivity index (χ1) is 11.7. The number of pyridine rings is 1. The van der Waals surface area contributed by atoms with Gasteiger partial charge < -0.3 is 10.1 Å². The predicted octanol–water partition coefficient (Wildman–Crippen LogP) is 3.47. The lowest BCUT2D eigenvalue weighted by atomic mass is 10.1. The average molecular weight is 337 g/mol. The summed E-state index contributed by atoms with van der Waals surface area (Å²) >= 11 is 1.43. The Bertz CT molecular complexity index is 902. The van der Waals surface area contributed by atoms with Crippen molar-refractivity contribution in [3.05, 3.63) is 53.9 Å². The molecule has 1 aliphatic heterocycles. The SMILES string of the molecule is CSc1nnc2c(n1)OC(c1cccc(C)n1)Nc1ccccc1-2. The van der Waals surface area contributed by atoms with Crippen molar-refractivity contribution in [2.45, 2.75) is 18.3 Å². The van der Waals surface area contributed by atoms with Crippen LogP contribution in [0, 0.1) is 6.92 Å². The van der Waals surface area contributed by atoms with Gasteiger partial charge in [-0.15, -0.1) is 10.2 Å². The van der Waals surface area contributed by atoms with Crippen molar-refractivity contribution < 1.29 is 4.74 Å². The fourth-order valence-electron chi connectivity index (χ4n) is 2.58. The molecule has 1 unspecified atom stereocenters. The molecule has 3 heterocycles. The van der Waals surface area contributed by atoms with Gasteiger partial charge in [-0.05, 0) is 31.4 Å². The van der Waals surface area contributed by atoms with E-state index < -0.39 is 6.23 Å². The second kappa shape index (κ2) is 6.09. The lowest BCUT2D eigenvalue weighted by molar-refractivity contribution is 0.220. The molecular formula is C17H15N5OS. The summed E-state index contributed by atoms with van der Waals surface area (Å²) in [6.45, 7) is 1.96. The lowest BCUT2D eigenvalue weighted by Gasteiger charge is -2.18. The predicted molar refractivity (Wildman–Crippen MR) is 93.0 cm³/mol. The van der Waals surface area contributed by atoms with E-state index in [1.165, 1.54) is 11.8 Å². The molecule has 4 rings (SSSR count). The minimum atomic E-state index is -0.446. The fourth-order valence-corrected chi connectivity index (χ4v) is 2.87. The molecule has 0 saturated carbocycles. The molecule has 6 nitrogen and oxygen atoms in total. The first-order valence-electron chi connectivity index (χ1n) is 7.49. The zero-order valence-corrected chi connectivity index (χ0v) is 14.0. The summed E-state index contributed by atoms with van der Waals surface area (Å²) in [5, 5.41) is 12.4. The average Bonchev–Trinajstić information content (AvgIpc) is 2.78. The summed E-state index contributed by atoms with van der Waals surface area (Å²) in [6, 6.07) is 13.7. The third-order valence-corrected chi connectivity index (χ3v) is 4.23. The highest BCUT2D eigenvalue weighted by Gasteiger charge is 2.26. The second-order valence-electron chi connectivity index (χ2n) is 5.34. The van der Waals surface area contributed by atoms with E-state index in [1.807, 2.05) is 55.6 Å². The Morgan fingerprint density at radius 2 is 1.92 bits per heavy atom. The van der Waals surface area contributed by atoms with Crippen LogP contribution in [0.2, 0.25) is 0 Å². The van der Waals surface area contributed by atoms with Crippen molar-refractivity contribution in [1.82, 2.24) is 20.2 Å². The molecule has 1 atom stereocenters. The van der Waals surface area contributed by atoms with Crippen molar-refractivity contribution in [3.63, 3.8) is 0 Å². The molecule has 1 aromatic carbocycles. The number of aryl methyl sites for hydroxylation is 1. The number of hydrogen-bond donors (Lipinski definition) is 1. The molecule has 0 bridgehead atoms. The van der Waals surface area contributed by atoms with Crippen molar-refractivity contribution in [3.8, 4) is 17.1 Å². The number of hydrogen-bond acceptors (Lipinski definition) is 7. The summed E-state index contributed by atoms with van der Waals surface area (Å²) < 4.78 is 6.12. The van der Waals surface area contributed by atoms with Gasteiger partial charge in [0, 0.05) is 16.9 Å². The highest BCUT2D eigenvalue weighted by atomic mass is 32.2. The molecule has 0 saturated heterocycles. The summed E-state index contributed by atoms with van der Waals surface area (Å²) in [4.78, 5) is 9.06. The largest absolute Gasteiger partial charge is 0.446 e. The molecule has 0 amide bonds. The van der Waals surface area contributed by atoms with E-state index in [2.05, 4.69) is 25.5 Å². The quantitative estimate of drug-likeness (QED) is 0.718. The van der Waals surface area contributed by atoms with E-state index in [9.17, 15) is 0 Å². The maximum Gasteiger partial charge on any atom is 0.247 e. The lowest BCUT2D eigenvalue weighted by Crippen LogP contribution is -2.18. The van der Waals surface area contributed by atoms with Crippen LogP contribution in [-0.2, 0) is 0 Å². The van der Waals surface area contributed by atoms with Crippen molar-refractivity contribution in [2.24, 2.45) is 0 Å².